The molecular formula is C21H20N6O. The first-order chi connectivity index (χ1) is 13.4. The molecule has 0 aliphatic heterocycles. The highest BCUT2D eigenvalue weighted by Gasteiger charge is 2.13. The molecule has 0 fully saturated rings. The van der Waals surface area contributed by atoms with E-state index in [1.165, 1.54) is 0 Å². The first-order valence-electron chi connectivity index (χ1n) is 8.67. The molecule has 3 N–H and O–H groups in total. The second-order valence-corrected chi connectivity index (χ2v) is 6.50. The van der Waals surface area contributed by atoms with Crippen LogP contribution in [0.25, 0.3) is 0 Å². The van der Waals surface area contributed by atoms with Crippen molar-refractivity contribution < 1.29 is 4.74 Å². The van der Waals surface area contributed by atoms with Crippen molar-refractivity contribution >= 4 is 11.4 Å². The summed E-state index contributed by atoms with van der Waals surface area (Å²) < 4.78 is 5.92. The van der Waals surface area contributed by atoms with Crippen LogP contribution in [0.15, 0.2) is 36.5 Å². The molecule has 0 saturated carbocycles. The van der Waals surface area contributed by atoms with E-state index in [4.69, 9.17) is 21.1 Å². The van der Waals surface area contributed by atoms with E-state index < -0.39 is 0 Å². The maximum absolute atomic E-state index is 9.12. The number of hydrogen-bond donors (Lipinski definition) is 2. The molecule has 0 atom stereocenters. The number of nitrogen functional groups attached to an aromatic ring is 1. The topological polar surface area (TPSA) is 122 Å². The van der Waals surface area contributed by atoms with Gasteiger partial charge in [0.1, 0.15) is 24.1 Å². The molecule has 7 nitrogen and oxygen atoms in total. The first kappa shape index (κ1) is 19.0. The van der Waals surface area contributed by atoms with Crippen molar-refractivity contribution in [3.8, 4) is 11.8 Å². The Morgan fingerprint density at radius 3 is 2.71 bits per heavy atom. The molecule has 2 heterocycles. The lowest BCUT2D eigenvalue weighted by Gasteiger charge is -2.13. The average molecular weight is 372 g/mol. The summed E-state index contributed by atoms with van der Waals surface area (Å²) in [6.07, 6.45) is 1.70. The van der Waals surface area contributed by atoms with Gasteiger partial charge >= 0.3 is 0 Å². The van der Waals surface area contributed by atoms with Crippen LogP contribution in [-0.2, 0) is 6.61 Å². The first-order valence-corrected chi connectivity index (χ1v) is 8.67. The zero-order valence-corrected chi connectivity index (χ0v) is 15.9. The summed E-state index contributed by atoms with van der Waals surface area (Å²) in [4.78, 5) is 4.12. The number of ether oxygens (including phenoxy) is 1. The normalized spacial score (nSPS) is 10.4. The van der Waals surface area contributed by atoms with Gasteiger partial charge in [0.25, 0.3) is 0 Å². The molecule has 2 aromatic heterocycles. The molecular weight excluding hydrogens is 352 g/mol. The van der Waals surface area contributed by atoms with Crippen molar-refractivity contribution in [1.82, 2.24) is 15.2 Å². The van der Waals surface area contributed by atoms with Gasteiger partial charge in [0, 0.05) is 28.1 Å². The maximum Gasteiger partial charge on any atom is 0.141 e. The molecule has 3 rings (SSSR count). The van der Waals surface area contributed by atoms with Crippen molar-refractivity contribution in [3.63, 3.8) is 0 Å². The van der Waals surface area contributed by atoms with E-state index in [-0.39, 0.29) is 11.4 Å². The highest BCUT2D eigenvalue weighted by atomic mass is 16.5. The van der Waals surface area contributed by atoms with Gasteiger partial charge in [-0.2, -0.15) is 15.5 Å². The summed E-state index contributed by atoms with van der Waals surface area (Å²) in [5.41, 5.74) is 11.6. The molecule has 0 amide bonds. The van der Waals surface area contributed by atoms with Crippen LogP contribution in [0.1, 0.15) is 39.3 Å². The predicted molar refractivity (Wildman–Crippen MR) is 106 cm³/mol. The van der Waals surface area contributed by atoms with E-state index in [0.717, 1.165) is 16.8 Å². The number of nitrogens with one attached hydrogen (secondary N) is 1. The quantitative estimate of drug-likeness (QED) is 0.524. The van der Waals surface area contributed by atoms with Gasteiger partial charge in [-0.1, -0.05) is 0 Å². The molecule has 0 bridgehead atoms. The second-order valence-electron chi connectivity index (χ2n) is 6.50. The summed E-state index contributed by atoms with van der Waals surface area (Å²) >= 11 is 0. The number of nitrogens with zero attached hydrogens (tertiary/aromatic N) is 4. The third-order valence-corrected chi connectivity index (χ3v) is 4.41. The van der Waals surface area contributed by atoms with E-state index in [1.807, 2.05) is 19.9 Å². The Hall–Kier alpha value is -3.79. The summed E-state index contributed by atoms with van der Waals surface area (Å²) in [6.45, 7) is 5.98. The van der Waals surface area contributed by atoms with Gasteiger partial charge in [0.2, 0.25) is 0 Å². The minimum absolute atomic E-state index is 0.211. The van der Waals surface area contributed by atoms with Crippen LogP contribution in [0, 0.1) is 37.5 Å². The predicted octanol–water partition coefficient (Wildman–Crippen LogP) is 3.25. The van der Waals surface area contributed by atoms with Crippen molar-refractivity contribution in [2.24, 2.45) is 0 Å². The van der Waals surface area contributed by atoms with Crippen LogP contribution in [0.4, 0.5) is 5.69 Å². The molecule has 7 heteroatoms. The number of nitriles is 1. The number of benzene rings is 1. The Bertz CT molecular complexity index is 1080. The summed E-state index contributed by atoms with van der Waals surface area (Å²) in [5, 5.41) is 25.7. The molecule has 0 aliphatic rings. The number of aryl methyl sites for hydroxylation is 3. The number of nitrogens with two attached hydrogens (primary N) is 1. The van der Waals surface area contributed by atoms with Gasteiger partial charge in [-0.3, -0.25) is 5.41 Å². The molecule has 140 valence electrons. The Labute approximate surface area is 163 Å². The smallest absolute Gasteiger partial charge is 0.141 e. The molecule has 0 unspecified atom stereocenters. The van der Waals surface area contributed by atoms with Gasteiger partial charge < -0.3 is 10.5 Å². The number of rotatable bonds is 5. The minimum atomic E-state index is 0.211. The highest BCUT2D eigenvalue weighted by molar-refractivity contribution is 6.14. The Morgan fingerprint density at radius 2 is 2.00 bits per heavy atom. The zero-order chi connectivity index (χ0) is 20.3. The number of pyridine rings is 1. The van der Waals surface area contributed by atoms with Crippen LogP contribution in [0.2, 0.25) is 0 Å². The number of aromatic nitrogens is 3. The Kier molecular flexibility index (Phi) is 5.32. The fourth-order valence-corrected chi connectivity index (χ4v) is 2.87. The fourth-order valence-electron chi connectivity index (χ4n) is 2.87. The van der Waals surface area contributed by atoms with E-state index in [0.29, 0.717) is 34.9 Å². The maximum atomic E-state index is 9.12. The Morgan fingerprint density at radius 1 is 1.21 bits per heavy atom. The minimum Gasteiger partial charge on any atom is -0.489 e. The standard InChI is InChI=1S/C21H20N6O/c1-12-10-25-27-14(3)19(12)11-28-17-4-5-20(23)18(8-17)21(24)15-6-13(2)26-16(7-15)9-22/h4-8,10,24H,11,23H2,1-3H3. The molecule has 0 saturated heterocycles. The molecule has 0 spiro atoms. The van der Waals surface area contributed by atoms with E-state index >= 15 is 0 Å². The largest absolute Gasteiger partial charge is 0.489 e. The molecule has 28 heavy (non-hydrogen) atoms. The lowest BCUT2D eigenvalue weighted by atomic mass is 10.00. The second kappa shape index (κ2) is 7.84. The van der Waals surface area contributed by atoms with Gasteiger partial charge in [0.05, 0.1) is 17.6 Å². The Balaban J connectivity index is 1.89. The third kappa shape index (κ3) is 3.96. The van der Waals surface area contributed by atoms with Crippen molar-refractivity contribution in [2.45, 2.75) is 27.4 Å². The third-order valence-electron chi connectivity index (χ3n) is 4.41. The van der Waals surface area contributed by atoms with Crippen LogP contribution in [-0.4, -0.2) is 20.9 Å². The summed E-state index contributed by atoms with van der Waals surface area (Å²) in [5.74, 6) is 0.593. The highest BCUT2D eigenvalue weighted by Crippen LogP contribution is 2.24. The van der Waals surface area contributed by atoms with E-state index in [9.17, 15) is 0 Å². The van der Waals surface area contributed by atoms with Crippen LogP contribution >= 0.6 is 0 Å². The molecule has 3 aromatic rings. The van der Waals surface area contributed by atoms with Crippen LogP contribution < -0.4 is 10.5 Å². The summed E-state index contributed by atoms with van der Waals surface area (Å²) in [6, 6.07) is 10.6. The van der Waals surface area contributed by atoms with Crippen molar-refractivity contribution in [3.05, 3.63) is 75.9 Å². The lowest BCUT2D eigenvalue weighted by molar-refractivity contribution is 0.303. The molecule has 0 aliphatic carbocycles. The van der Waals surface area contributed by atoms with Gasteiger partial charge in [-0.05, 0) is 56.7 Å². The SMILES string of the molecule is Cc1cc(C(=N)c2cc(OCc3c(C)cnnc3C)ccc2N)cc(C#N)n1. The fraction of sp³-hybridized carbons (Fsp3) is 0.190. The lowest BCUT2D eigenvalue weighted by Crippen LogP contribution is -2.08. The number of hydrogen-bond acceptors (Lipinski definition) is 7. The van der Waals surface area contributed by atoms with Crippen LogP contribution in [0.5, 0.6) is 5.75 Å². The van der Waals surface area contributed by atoms with Gasteiger partial charge in [-0.25, -0.2) is 4.98 Å². The average Bonchev–Trinajstić information content (AvgIpc) is 2.67. The molecule has 1 aromatic carbocycles. The summed E-state index contributed by atoms with van der Waals surface area (Å²) in [7, 11) is 0. The zero-order valence-electron chi connectivity index (χ0n) is 15.9. The monoisotopic (exact) mass is 372 g/mol. The van der Waals surface area contributed by atoms with E-state index in [2.05, 4.69) is 15.2 Å². The van der Waals surface area contributed by atoms with Gasteiger partial charge in [0.15, 0.2) is 0 Å². The number of anilines is 1. The molecule has 0 radical (unpaired) electrons. The van der Waals surface area contributed by atoms with Crippen LogP contribution in [0.3, 0.4) is 0 Å². The van der Waals surface area contributed by atoms with Gasteiger partial charge in [-0.15, -0.1) is 0 Å². The van der Waals surface area contributed by atoms with Crippen molar-refractivity contribution in [1.29, 1.82) is 10.7 Å². The van der Waals surface area contributed by atoms with E-state index in [1.54, 1.807) is 43.5 Å². The van der Waals surface area contributed by atoms with Crippen molar-refractivity contribution in [2.75, 3.05) is 5.73 Å².